The Morgan fingerprint density at radius 1 is 1.04 bits per heavy atom. The Hall–Kier alpha value is -4.74. The second-order valence-corrected chi connectivity index (χ2v) is 14.3. The fourth-order valence-electron chi connectivity index (χ4n) is 6.88. The van der Waals surface area contributed by atoms with E-state index in [-0.39, 0.29) is 23.9 Å². The number of imidazole rings is 1. The molecule has 1 aliphatic heterocycles. The molecule has 49 heavy (non-hydrogen) atoms. The third-order valence-corrected chi connectivity index (χ3v) is 10.3. The summed E-state index contributed by atoms with van der Waals surface area (Å²) >= 11 is 0. The van der Waals surface area contributed by atoms with E-state index in [0.717, 1.165) is 58.8 Å². The number of aryl methyl sites for hydroxylation is 1. The molecular weight excluding hydrogens is 616 g/mol. The zero-order chi connectivity index (χ0) is 34.6. The van der Waals surface area contributed by atoms with Gasteiger partial charge in [-0.1, -0.05) is 30.3 Å². The van der Waals surface area contributed by atoms with E-state index in [2.05, 4.69) is 22.0 Å². The molecule has 4 heterocycles. The Bertz CT molecular complexity index is 2040. The summed E-state index contributed by atoms with van der Waals surface area (Å²) in [7, 11) is 5.52. The van der Waals surface area contributed by atoms with Crippen LogP contribution in [0, 0.1) is 5.92 Å². The molecule has 5 aromatic rings. The van der Waals surface area contributed by atoms with Crippen LogP contribution in [0.2, 0.25) is 0 Å². The maximum absolute atomic E-state index is 13.7. The van der Waals surface area contributed by atoms with Crippen molar-refractivity contribution in [3.63, 3.8) is 0 Å². The highest BCUT2D eigenvalue weighted by Gasteiger charge is 2.32. The topological polar surface area (TPSA) is 124 Å². The summed E-state index contributed by atoms with van der Waals surface area (Å²) in [6.45, 7) is 7.88. The molecule has 0 spiro atoms. The molecule has 7 rings (SSSR count). The van der Waals surface area contributed by atoms with E-state index in [1.807, 2.05) is 86.9 Å². The summed E-state index contributed by atoms with van der Waals surface area (Å²) in [4.78, 5) is 37.5. The van der Waals surface area contributed by atoms with E-state index in [1.165, 1.54) is 12.8 Å². The van der Waals surface area contributed by atoms with Gasteiger partial charge in [0, 0.05) is 44.2 Å². The highest BCUT2D eigenvalue weighted by Crippen LogP contribution is 2.38. The lowest BCUT2D eigenvalue weighted by Gasteiger charge is -2.38. The van der Waals surface area contributed by atoms with Crippen molar-refractivity contribution in [3.05, 3.63) is 77.5 Å². The number of nitrogens with zero attached hydrogens (tertiary/aromatic N) is 6. The highest BCUT2D eigenvalue weighted by molar-refractivity contribution is 6.00. The normalized spacial score (nSPS) is 17.9. The number of methoxy groups -OCH3 is 1. The van der Waals surface area contributed by atoms with Crippen LogP contribution < -0.4 is 15.8 Å². The molecule has 0 bridgehead atoms. The molecule has 1 aliphatic carbocycles. The Kier molecular flexibility index (Phi) is 8.44. The number of nitrogens with one attached hydrogen (secondary N) is 1. The first-order chi connectivity index (χ1) is 23.5. The molecule has 2 fully saturated rings. The average Bonchev–Trinajstić information content (AvgIpc) is 3.77. The third kappa shape index (κ3) is 6.06. The quantitative estimate of drug-likeness (QED) is 0.223. The van der Waals surface area contributed by atoms with Crippen molar-refractivity contribution in [3.8, 4) is 17.3 Å². The van der Waals surface area contributed by atoms with Gasteiger partial charge >= 0.3 is 0 Å². The van der Waals surface area contributed by atoms with E-state index in [0.29, 0.717) is 29.3 Å². The maximum Gasteiger partial charge on any atom is 0.268 e. The standard InChI is InChI=1S/C38H46N8O3/c1-23(40-37(48)38(2,3)27-10-8-7-9-11-27)29-15-14-25-19-31(45(34(25)41-29)21-24-12-13-24)35-42-30-18-26(20-32(49-6)33(30)44(35)5)36(47)46-22-28(39)16-17-43(46)4/h7-11,14-15,18-20,23-24,28H,12-13,16-17,21-22,39H2,1-6H3,(H,40,48)/t23-,28-/m1/s1. The van der Waals surface area contributed by atoms with Crippen LogP contribution >= 0.6 is 0 Å². The van der Waals surface area contributed by atoms with Crippen LogP contribution in [0.4, 0.5) is 0 Å². The molecule has 0 unspecified atom stereocenters. The lowest BCUT2D eigenvalue weighted by molar-refractivity contribution is -0.126. The number of hydrogen-bond acceptors (Lipinski definition) is 7. The summed E-state index contributed by atoms with van der Waals surface area (Å²) in [5, 5.41) is 7.85. The molecule has 2 amide bonds. The minimum atomic E-state index is -0.693. The number of carbonyl (C=O) groups excluding carboxylic acids is 2. The first-order valence-electron chi connectivity index (χ1n) is 17.2. The van der Waals surface area contributed by atoms with Crippen molar-refractivity contribution >= 4 is 33.9 Å². The zero-order valence-electron chi connectivity index (χ0n) is 29.2. The molecule has 1 saturated carbocycles. The van der Waals surface area contributed by atoms with Gasteiger partial charge in [0.15, 0.2) is 5.82 Å². The maximum atomic E-state index is 13.7. The molecule has 256 valence electrons. The predicted molar refractivity (Wildman–Crippen MR) is 191 cm³/mol. The van der Waals surface area contributed by atoms with Gasteiger partial charge in [-0.15, -0.1) is 0 Å². The number of benzene rings is 2. The van der Waals surface area contributed by atoms with Gasteiger partial charge in [-0.25, -0.2) is 15.0 Å². The van der Waals surface area contributed by atoms with Crippen LogP contribution in [0.1, 0.15) is 67.7 Å². The van der Waals surface area contributed by atoms with Crippen LogP contribution in [0.15, 0.2) is 60.7 Å². The second kappa shape index (κ2) is 12.6. The summed E-state index contributed by atoms with van der Waals surface area (Å²) < 4.78 is 10.2. The summed E-state index contributed by atoms with van der Waals surface area (Å²) in [6, 6.07) is 19.3. The Labute approximate surface area is 287 Å². The number of amides is 2. The number of hydrogen-bond donors (Lipinski definition) is 2. The second-order valence-electron chi connectivity index (χ2n) is 14.3. The lowest BCUT2D eigenvalue weighted by atomic mass is 9.83. The zero-order valence-corrected chi connectivity index (χ0v) is 29.2. The minimum Gasteiger partial charge on any atom is -0.494 e. The Balaban J connectivity index is 1.25. The van der Waals surface area contributed by atoms with E-state index in [1.54, 1.807) is 18.2 Å². The SMILES string of the molecule is COc1cc(C(=O)N2C[C@H](N)CCN2C)cc2nc(-c3cc4ccc([C@@H](C)NC(=O)C(C)(C)c5ccccc5)nc4n3CC3CC3)n(C)c12. The Morgan fingerprint density at radius 2 is 1.80 bits per heavy atom. The van der Waals surface area contributed by atoms with Crippen LogP contribution in [-0.4, -0.2) is 74.2 Å². The molecule has 2 atom stereocenters. The van der Waals surface area contributed by atoms with Gasteiger partial charge in [0.2, 0.25) is 5.91 Å². The molecule has 11 heteroatoms. The molecule has 3 N–H and O–H groups in total. The number of carbonyl (C=O) groups is 2. The minimum absolute atomic E-state index is 0.0524. The highest BCUT2D eigenvalue weighted by atomic mass is 16.5. The number of aromatic nitrogens is 4. The van der Waals surface area contributed by atoms with Gasteiger partial charge in [-0.3, -0.25) is 14.6 Å². The van der Waals surface area contributed by atoms with E-state index < -0.39 is 5.41 Å². The average molecular weight is 663 g/mol. The van der Waals surface area contributed by atoms with Gasteiger partial charge < -0.3 is 24.9 Å². The van der Waals surface area contributed by atoms with Crippen molar-refractivity contribution in [2.24, 2.45) is 18.7 Å². The molecule has 0 radical (unpaired) electrons. The molecular formula is C38H46N8O3. The van der Waals surface area contributed by atoms with Gasteiger partial charge in [-0.2, -0.15) is 0 Å². The largest absolute Gasteiger partial charge is 0.494 e. The summed E-state index contributed by atoms with van der Waals surface area (Å²) in [5.74, 6) is 1.74. The predicted octanol–water partition coefficient (Wildman–Crippen LogP) is 5.18. The van der Waals surface area contributed by atoms with Crippen molar-refractivity contribution in [1.82, 2.24) is 34.4 Å². The van der Waals surface area contributed by atoms with Gasteiger partial charge in [0.05, 0.1) is 42.0 Å². The van der Waals surface area contributed by atoms with Crippen molar-refractivity contribution in [2.75, 3.05) is 27.2 Å². The summed E-state index contributed by atoms with van der Waals surface area (Å²) in [5.41, 5.74) is 11.1. The molecule has 1 saturated heterocycles. The van der Waals surface area contributed by atoms with Gasteiger partial charge in [0.25, 0.3) is 5.91 Å². The van der Waals surface area contributed by atoms with Crippen LogP contribution in [0.5, 0.6) is 5.75 Å². The van der Waals surface area contributed by atoms with Crippen molar-refractivity contribution in [2.45, 2.75) is 64.1 Å². The molecule has 11 nitrogen and oxygen atoms in total. The first kappa shape index (κ1) is 32.8. The monoisotopic (exact) mass is 662 g/mol. The Morgan fingerprint density at radius 3 is 2.51 bits per heavy atom. The first-order valence-corrected chi connectivity index (χ1v) is 17.2. The summed E-state index contributed by atoms with van der Waals surface area (Å²) in [6.07, 6.45) is 3.20. The van der Waals surface area contributed by atoms with E-state index >= 15 is 0 Å². The van der Waals surface area contributed by atoms with Gasteiger partial charge in [0.1, 0.15) is 16.9 Å². The van der Waals surface area contributed by atoms with Crippen LogP contribution in [0.25, 0.3) is 33.6 Å². The molecule has 3 aromatic heterocycles. The van der Waals surface area contributed by atoms with E-state index in [9.17, 15) is 9.59 Å². The number of rotatable bonds is 9. The van der Waals surface area contributed by atoms with Crippen molar-refractivity contribution in [1.29, 1.82) is 0 Å². The van der Waals surface area contributed by atoms with Crippen LogP contribution in [-0.2, 0) is 23.8 Å². The van der Waals surface area contributed by atoms with E-state index in [4.69, 9.17) is 20.4 Å². The van der Waals surface area contributed by atoms with Crippen molar-refractivity contribution < 1.29 is 14.3 Å². The number of pyridine rings is 1. The number of fused-ring (bicyclic) bond motifs is 2. The van der Waals surface area contributed by atoms with Crippen LogP contribution in [0.3, 0.4) is 0 Å². The third-order valence-electron chi connectivity index (χ3n) is 10.3. The fraction of sp³-hybridized carbons (Fsp3) is 0.421. The fourth-order valence-corrected chi connectivity index (χ4v) is 6.88. The smallest absolute Gasteiger partial charge is 0.268 e. The number of ether oxygens (including phenoxy) is 1. The number of nitrogens with two attached hydrogens (primary N) is 1. The lowest BCUT2D eigenvalue weighted by Crippen LogP contribution is -2.55. The number of hydrazine groups is 1. The molecule has 2 aliphatic rings. The van der Waals surface area contributed by atoms with Gasteiger partial charge in [-0.05, 0) is 81.8 Å². The molecule has 2 aromatic carbocycles.